The molecule has 184 valence electrons. The van der Waals surface area contributed by atoms with Crippen LogP contribution in [0.15, 0.2) is 95.9 Å². The fourth-order valence-electron chi connectivity index (χ4n) is 3.36. The van der Waals surface area contributed by atoms with Crippen molar-refractivity contribution >= 4 is 39.1 Å². The normalized spacial score (nSPS) is 11.0. The number of sulfonamides is 1. The van der Waals surface area contributed by atoms with E-state index in [1.807, 2.05) is 24.3 Å². The van der Waals surface area contributed by atoms with Crippen LogP contribution in [0.3, 0.4) is 0 Å². The molecule has 0 aliphatic rings. The van der Waals surface area contributed by atoms with Crippen LogP contribution >= 0.6 is 23.2 Å². The molecule has 0 atom stereocenters. The zero-order valence-electron chi connectivity index (χ0n) is 19.7. The molecule has 0 saturated heterocycles. The minimum atomic E-state index is -4.29. The number of amides is 1. The average molecular weight is 566 g/mol. The minimum Gasteiger partial charge on any atom is -0.538 e. The van der Waals surface area contributed by atoms with Gasteiger partial charge in [0.25, 0.3) is 0 Å². The van der Waals surface area contributed by atoms with Crippen LogP contribution in [0.5, 0.6) is 0 Å². The van der Waals surface area contributed by atoms with E-state index in [4.69, 9.17) is 27.9 Å². The molecule has 0 unspecified atom stereocenters. The summed E-state index contributed by atoms with van der Waals surface area (Å²) in [7, 11) is -4.29. The maximum Gasteiger partial charge on any atom is 1.00 e. The van der Waals surface area contributed by atoms with Crippen molar-refractivity contribution in [3.63, 3.8) is 0 Å². The van der Waals surface area contributed by atoms with E-state index in [1.165, 1.54) is 42.5 Å². The summed E-state index contributed by atoms with van der Waals surface area (Å²) < 4.78 is 47.1. The number of rotatable bonds is 8. The Morgan fingerprint density at radius 3 is 1.84 bits per heavy atom. The summed E-state index contributed by atoms with van der Waals surface area (Å²) in [4.78, 5) is 12.1. The third kappa shape index (κ3) is 7.88. The maximum atomic E-state index is 13.1. The van der Waals surface area contributed by atoms with E-state index in [1.54, 1.807) is 24.3 Å². The second-order valence-electron chi connectivity index (χ2n) is 7.84. The van der Waals surface area contributed by atoms with E-state index in [0.717, 1.165) is 22.3 Å². The summed E-state index contributed by atoms with van der Waals surface area (Å²) in [6.45, 7) is 0.670. The molecule has 0 heterocycles. The first kappa shape index (κ1) is 29.3. The van der Waals surface area contributed by atoms with Crippen LogP contribution in [0, 0.1) is 5.82 Å². The van der Waals surface area contributed by atoms with Crippen molar-refractivity contribution in [1.82, 2.24) is 0 Å². The second-order valence-corrected chi connectivity index (χ2v) is 10.3. The molecule has 0 aliphatic carbocycles. The molecule has 0 N–H and O–H groups in total. The number of carbonyl (C=O) groups is 1. The number of nitrogens with zero attached hydrogens (tertiary/aromatic N) is 1. The quantitative estimate of drug-likeness (QED) is 0.296. The van der Waals surface area contributed by atoms with Crippen molar-refractivity contribution in [1.29, 1.82) is 0 Å². The van der Waals surface area contributed by atoms with Crippen LogP contribution in [0.1, 0.15) is 21.5 Å². The summed E-state index contributed by atoms with van der Waals surface area (Å²) >= 11 is 11.7. The largest absolute Gasteiger partial charge is 1.00 e. The van der Waals surface area contributed by atoms with Gasteiger partial charge in [-0.2, -0.15) is 0 Å². The maximum absolute atomic E-state index is 13.1. The Hall–Kier alpha value is -2.23. The van der Waals surface area contributed by atoms with E-state index in [9.17, 15) is 17.6 Å². The first-order valence-corrected chi connectivity index (χ1v) is 12.9. The Bertz CT molecular complexity index is 1480. The standard InChI is InChI=1S/C27H20Cl2FNO4S.Na/c28-23-11-14-26(25(29)15-23)36(33,34)31-27(32)22-7-3-19(4-8-22)17-35-16-18-1-5-20(6-2-18)21-9-12-24(30)13-10-21;/h1-15H,16-17H2,(H,31,32);/q;+1/p-1. The van der Waals surface area contributed by atoms with Crippen molar-refractivity contribution in [2.75, 3.05) is 0 Å². The van der Waals surface area contributed by atoms with Gasteiger partial charge in [-0.1, -0.05) is 83.9 Å². The molecule has 0 aromatic heterocycles. The van der Waals surface area contributed by atoms with E-state index < -0.39 is 15.9 Å². The van der Waals surface area contributed by atoms with E-state index >= 15 is 0 Å². The van der Waals surface area contributed by atoms with Gasteiger partial charge in [-0.15, -0.1) is 0 Å². The van der Waals surface area contributed by atoms with Crippen LogP contribution in [0.4, 0.5) is 4.39 Å². The third-order valence-corrected chi connectivity index (χ3v) is 7.22. The van der Waals surface area contributed by atoms with E-state index in [0.29, 0.717) is 13.2 Å². The number of hydrogen-bond acceptors (Lipinski definition) is 4. The van der Waals surface area contributed by atoms with Crippen LogP contribution in [0.25, 0.3) is 15.8 Å². The fraction of sp³-hybridized carbons (Fsp3) is 0.0741. The van der Waals surface area contributed by atoms with Crippen molar-refractivity contribution in [3.8, 4) is 11.1 Å². The summed E-state index contributed by atoms with van der Waals surface area (Å²) in [6, 6.07) is 24.2. The summed E-state index contributed by atoms with van der Waals surface area (Å²) in [6.07, 6.45) is 0. The van der Waals surface area contributed by atoms with Gasteiger partial charge in [0.15, 0.2) is 0 Å². The number of hydrogen-bond donors (Lipinski definition) is 0. The number of halogens is 3. The molecule has 10 heteroatoms. The summed E-state index contributed by atoms with van der Waals surface area (Å²) in [5, 5.41) is 0.154. The predicted octanol–water partition coefficient (Wildman–Crippen LogP) is 4.42. The van der Waals surface area contributed by atoms with Crippen molar-refractivity contribution in [2.24, 2.45) is 0 Å². The summed E-state index contributed by atoms with van der Waals surface area (Å²) in [5.74, 6) is -1.18. The predicted molar refractivity (Wildman–Crippen MR) is 138 cm³/mol. The molecule has 0 aliphatic heterocycles. The molecular formula is C27H19Cl2FNNaO4S. The molecule has 37 heavy (non-hydrogen) atoms. The Morgan fingerprint density at radius 2 is 1.30 bits per heavy atom. The molecule has 0 bridgehead atoms. The molecular weight excluding hydrogens is 547 g/mol. The Kier molecular flexibility index (Phi) is 10.3. The van der Waals surface area contributed by atoms with Gasteiger partial charge < -0.3 is 14.3 Å². The summed E-state index contributed by atoms with van der Waals surface area (Å²) in [5.41, 5.74) is 3.79. The first-order valence-electron chi connectivity index (χ1n) is 10.7. The number of carbonyl (C=O) groups excluding carboxylic acids is 1. The van der Waals surface area contributed by atoms with Gasteiger partial charge in [0.05, 0.1) is 29.0 Å². The molecule has 4 aromatic rings. The zero-order chi connectivity index (χ0) is 25.7. The molecule has 0 fully saturated rings. The van der Waals surface area contributed by atoms with Crippen LogP contribution in [-0.2, 0) is 28.0 Å². The number of benzene rings is 4. The van der Waals surface area contributed by atoms with Gasteiger partial charge >= 0.3 is 29.6 Å². The molecule has 0 saturated carbocycles. The molecule has 0 radical (unpaired) electrons. The van der Waals surface area contributed by atoms with Gasteiger partial charge in [-0.05, 0) is 58.1 Å². The molecule has 0 spiro atoms. The zero-order valence-corrected chi connectivity index (χ0v) is 24.0. The molecule has 4 rings (SSSR count). The third-order valence-electron chi connectivity index (χ3n) is 5.24. The minimum absolute atomic E-state index is 0. The first-order chi connectivity index (χ1) is 17.2. The van der Waals surface area contributed by atoms with E-state index in [-0.39, 0.29) is 55.9 Å². The SMILES string of the molecule is O=C([N-]S(=O)(=O)c1ccc(Cl)cc1Cl)c1ccc(COCc2ccc(-c3ccc(F)cc3)cc2)cc1.[Na+]. The Labute approximate surface area is 246 Å². The monoisotopic (exact) mass is 565 g/mol. The smallest absolute Gasteiger partial charge is 0.538 e. The fourth-order valence-corrected chi connectivity index (χ4v) is 5.03. The van der Waals surface area contributed by atoms with Gasteiger partial charge in [0.2, 0.25) is 0 Å². The van der Waals surface area contributed by atoms with Crippen LogP contribution in [0.2, 0.25) is 10.0 Å². The molecule has 1 amide bonds. The van der Waals surface area contributed by atoms with Crippen molar-refractivity contribution in [3.05, 3.63) is 128 Å². The van der Waals surface area contributed by atoms with Gasteiger partial charge in [0.1, 0.15) is 15.8 Å². The van der Waals surface area contributed by atoms with Gasteiger partial charge in [-0.25, -0.2) is 12.8 Å². The topological polar surface area (TPSA) is 74.5 Å². The molecule has 4 aromatic carbocycles. The van der Waals surface area contributed by atoms with Crippen molar-refractivity contribution < 1.29 is 51.9 Å². The van der Waals surface area contributed by atoms with Crippen LogP contribution < -0.4 is 29.6 Å². The average Bonchev–Trinajstić information content (AvgIpc) is 2.85. The molecule has 5 nitrogen and oxygen atoms in total. The Balaban J connectivity index is 0.00000380. The second kappa shape index (κ2) is 13.0. The van der Waals surface area contributed by atoms with Crippen LogP contribution in [-0.4, -0.2) is 14.3 Å². The van der Waals surface area contributed by atoms with Gasteiger partial charge in [0, 0.05) is 5.02 Å². The number of ether oxygens (including phenoxy) is 1. The van der Waals surface area contributed by atoms with Crippen molar-refractivity contribution in [2.45, 2.75) is 18.1 Å². The van der Waals surface area contributed by atoms with E-state index in [2.05, 4.69) is 4.72 Å². The van der Waals surface area contributed by atoms with Gasteiger partial charge in [-0.3, -0.25) is 0 Å². The Morgan fingerprint density at radius 1 is 0.784 bits per heavy atom.